The number of aromatic nitrogens is 1. The summed E-state index contributed by atoms with van der Waals surface area (Å²) in [6.07, 6.45) is 10.3. The van der Waals surface area contributed by atoms with E-state index in [-0.39, 0.29) is 22.8 Å². The molecule has 2 aromatic heterocycles. The van der Waals surface area contributed by atoms with E-state index in [9.17, 15) is 14.4 Å². The summed E-state index contributed by atoms with van der Waals surface area (Å²) in [6, 6.07) is 11.3. The molecule has 0 saturated carbocycles. The molecule has 1 aromatic carbocycles. The van der Waals surface area contributed by atoms with Gasteiger partial charge in [-0.05, 0) is 93.6 Å². The lowest BCUT2D eigenvalue weighted by molar-refractivity contribution is -0.133. The molecule has 0 spiro atoms. The monoisotopic (exact) mass is 530 g/mol. The van der Waals surface area contributed by atoms with Gasteiger partial charge >= 0.3 is 11.9 Å². The summed E-state index contributed by atoms with van der Waals surface area (Å²) < 4.78 is 13.2. The normalized spacial score (nSPS) is 14.1. The second-order valence-corrected chi connectivity index (χ2v) is 10.00. The molecule has 0 fully saturated rings. The van der Waals surface area contributed by atoms with Gasteiger partial charge in [0.2, 0.25) is 5.78 Å². The first kappa shape index (κ1) is 28.3. The Kier molecular flexibility index (Phi) is 9.71. The molecule has 3 heterocycles. The zero-order valence-corrected chi connectivity index (χ0v) is 23.2. The smallest absolute Gasteiger partial charge is 0.336 e. The highest BCUT2D eigenvalue weighted by Gasteiger charge is 2.29. The number of aryl methyl sites for hydroxylation is 2. The average Bonchev–Trinajstić information content (AvgIpc) is 3.29. The van der Waals surface area contributed by atoms with Crippen LogP contribution in [0.3, 0.4) is 0 Å². The molecule has 0 atom stereocenters. The Morgan fingerprint density at radius 3 is 2.18 bits per heavy atom. The molecule has 0 aliphatic carbocycles. The van der Waals surface area contributed by atoms with Crippen LogP contribution in [-0.4, -0.2) is 46.7 Å². The van der Waals surface area contributed by atoms with Crippen molar-refractivity contribution in [3.05, 3.63) is 77.1 Å². The van der Waals surface area contributed by atoms with Crippen LogP contribution in [0.25, 0.3) is 5.52 Å². The number of unbranched alkanes of at least 4 members (excludes halogenated alkanes) is 1. The molecule has 1 aliphatic rings. The Morgan fingerprint density at radius 1 is 0.795 bits per heavy atom. The molecule has 0 saturated heterocycles. The van der Waals surface area contributed by atoms with Crippen LogP contribution in [0.1, 0.15) is 80.1 Å². The maximum atomic E-state index is 14.1. The summed E-state index contributed by atoms with van der Waals surface area (Å²) in [5.74, 6) is -1.51. The molecule has 0 bridgehead atoms. The number of ether oxygens (including phenoxy) is 2. The summed E-state index contributed by atoms with van der Waals surface area (Å²) in [7, 11) is 0. The molecule has 1 aliphatic heterocycles. The number of hydrogen-bond donors (Lipinski definition) is 0. The Labute approximate surface area is 230 Å². The molecule has 4 rings (SSSR count). The zero-order chi connectivity index (χ0) is 27.8. The lowest BCUT2D eigenvalue weighted by Gasteiger charge is -2.22. The van der Waals surface area contributed by atoms with Crippen molar-refractivity contribution in [3.8, 4) is 11.5 Å². The molecule has 206 valence electrons. The van der Waals surface area contributed by atoms with E-state index in [2.05, 4.69) is 25.7 Å². The van der Waals surface area contributed by atoms with Gasteiger partial charge in [-0.15, -0.1) is 0 Å². The molecule has 7 heteroatoms. The molecule has 0 radical (unpaired) electrons. The fraction of sp³-hybridized carbons (Fsp3) is 0.406. The third kappa shape index (κ3) is 6.66. The minimum atomic E-state index is -0.720. The van der Waals surface area contributed by atoms with Crippen LogP contribution in [0, 0.1) is 0 Å². The molecule has 0 amide bonds. The summed E-state index contributed by atoms with van der Waals surface area (Å²) in [6.45, 7) is 9.42. The SMILES string of the molecule is CCCCc1cc2ccccn2c1C(=O)c1ccc(CCCN(CCC)CCC)c2c1OC(=O)/C=C/C(=O)O2. The molecular formula is C32H38N2O5. The minimum Gasteiger partial charge on any atom is -0.419 e. The molecular weight excluding hydrogens is 492 g/mol. The van der Waals surface area contributed by atoms with Crippen LogP contribution >= 0.6 is 0 Å². The number of hydrogen-bond acceptors (Lipinski definition) is 6. The summed E-state index contributed by atoms with van der Waals surface area (Å²) >= 11 is 0. The van der Waals surface area contributed by atoms with E-state index < -0.39 is 11.9 Å². The second kappa shape index (κ2) is 13.4. The van der Waals surface area contributed by atoms with Crippen molar-refractivity contribution in [1.82, 2.24) is 9.30 Å². The van der Waals surface area contributed by atoms with Crippen LogP contribution in [-0.2, 0) is 22.4 Å². The number of fused-ring (bicyclic) bond motifs is 2. The third-order valence-electron chi connectivity index (χ3n) is 6.97. The van der Waals surface area contributed by atoms with E-state index in [1.54, 1.807) is 6.07 Å². The van der Waals surface area contributed by atoms with Gasteiger partial charge in [-0.3, -0.25) is 4.79 Å². The molecule has 0 unspecified atom stereocenters. The molecule has 3 aromatic rings. The quantitative estimate of drug-likeness (QED) is 0.154. The van der Waals surface area contributed by atoms with Gasteiger partial charge in [-0.2, -0.15) is 0 Å². The minimum absolute atomic E-state index is 0.00601. The first-order valence-electron chi connectivity index (χ1n) is 14.1. The van der Waals surface area contributed by atoms with Crippen molar-refractivity contribution in [2.45, 2.75) is 65.7 Å². The van der Waals surface area contributed by atoms with Crippen molar-refractivity contribution in [2.24, 2.45) is 0 Å². The summed E-state index contributed by atoms with van der Waals surface area (Å²) in [5.41, 5.74) is 3.32. The van der Waals surface area contributed by atoms with Crippen molar-refractivity contribution >= 4 is 23.2 Å². The number of nitrogens with zero attached hydrogens (tertiary/aromatic N) is 2. The first-order chi connectivity index (χ1) is 19.0. The molecule has 0 N–H and O–H groups in total. The van der Waals surface area contributed by atoms with E-state index in [0.29, 0.717) is 12.1 Å². The topological polar surface area (TPSA) is 77.3 Å². The highest BCUT2D eigenvalue weighted by molar-refractivity contribution is 6.12. The first-order valence-corrected chi connectivity index (χ1v) is 14.1. The average molecular weight is 531 g/mol. The van der Waals surface area contributed by atoms with Gasteiger partial charge in [0.15, 0.2) is 11.5 Å². The standard InChI is InChI=1S/C32H38N2O5/c1-4-7-11-24-22-25-13-8-9-21-34(25)29(24)30(37)26-15-14-23(12-10-20-33(18-5-2)19-6-3)31-32(26)39-28(36)17-16-27(35)38-31/h8-9,13-17,21-22H,4-7,10-12,18-20H2,1-3H3/b17-16+. The van der Waals surface area contributed by atoms with E-state index in [1.807, 2.05) is 40.9 Å². The second-order valence-electron chi connectivity index (χ2n) is 10.00. The summed E-state index contributed by atoms with van der Waals surface area (Å²) in [4.78, 5) is 41.6. The van der Waals surface area contributed by atoms with Gasteiger partial charge in [0.1, 0.15) is 0 Å². The number of ketones is 1. The van der Waals surface area contributed by atoms with Gasteiger partial charge in [0.05, 0.1) is 11.3 Å². The van der Waals surface area contributed by atoms with Crippen LogP contribution in [0.15, 0.2) is 54.7 Å². The van der Waals surface area contributed by atoms with Crippen molar-refractivity contribution < 1.29 is 23.9 Å². The fourth-order valence-electron chi connectivity index (χ4n) is 5.18. The highest BCUT2D eigenvalue weighted by Crippen LogP contribution is 2.39. The predicted molar refractivity (Wildman–Crippen MR) is 152 cm³/mol. The number of carbonyl (C=O) groups excluding carboxylic acids is 3. The number of rotatable bonds is 13. The van der Waals surface area contributed by atoms with Crippen LogP contribution < -0.4 is 9.47 Å². The van der Waals surface area contributed by atoms with Gasteiger partial charge in [-0.1, -0.05) is 39.3 Å². The van der Waals surface area contributed by atoms with E-state index in [0.717, 1.165) is 87.0 Å². The van der Waals surface area contributed by atoms with E-state index in [4.69, 9.17) is 9.47 Å². The zero-order valence-electron chi connectivity index (χ0n) is 23.2. The van der Waals surface area contributed by atoms with Gasteiger partial charge < -0.3 is 18.8 Å². The Bertz CT molecular complexity index is 1360. The lowest BCUT2D eigenvalue weighted by atomic mass is 9.97. The number of pyridine rings is 1. The lowest BCUT2D eigenvalue weighted by Crippen LogP contribution is -2.27. The Balaban J connectivity index is 1.75. The Morgan fingerprint density at radius 2 is 1.49 bits per heavy atom. The third-order valence-corrected chi connectivity index (χ3v) is 6.97. The van der Waals surface area contributed by atoms with Crippen LogP contribution in [0.5, 0.6) is 11.5 Å². The predicted octanol–water partition coefficient (Wildman–Crippen LogP) is 5.95. The van der Waals surface area contributed by atoms with Gasteiger partial charge in [-0.25, -0.2) is 9.59 Å². The molecule has 39 heavy (non-hydrogen) atoms. The van der Waals surface area contributed by atoms with E-state index >= 15 is 0 Å². The highest BCUT2D eigenvalue weighted by atomic mass is 16.6. The van der Waals surface area contributed by atoms with Crippen LogP contribution in [0.4, 0.5) is 0 Å². The Hall–Kier alpha value is -3.71. The summed E-state index contributed by atoms with van der Waals surface area (Å²) in [5, 5.41) is 0. The van der Waals surface area contributed by atoms with E-state index in [1.165, 1.54) is 0 Å². The van der Waals surface area contributed by atoms with Gasteiger partial charge in [0.25, 0.3) is 0 Å². The van der Waals surface area contributed by atoms with Crippen LogP contribution in [0.2, 0.25) is 0 Å². The molecule has 7 nitrogen and oxygen atoms in total. The van der Waals surface area contributed by atoms with Crippen molar-refractivity contribution in [1.29, 1.82) is 0 Å². The number of esters is 2. The fourth-order valence-corrected chi connectivity index (χ4v) is 5.18. The van der Waals surface area contributed by atoms with Gasteiger partial charge in [0, 0.05) is 23.9 Å². The van der Waals surface area contributed by atoms with Crippen molar-refractivity contribution in [2.75, 3.05) is 19.6 Å². The maximum absolute atomic E-state index is 14.1. The number of carbonyl (C=O) groups is 3. The largest absolute Gasteiger partial charge is 0.419 e. The maximum Gasteiger partial charge on any atom is 0.336 e. The number of benzene rings is 1. The van der Waals surface area contributed by atoms with Crippen molar-refractivity contribution in [3.63, 3.8) is 0 Å².